The van der Waals surface area contributed by atoms with E-state index in [1.165, 1.54) is 12.3 Å². The minimum atomic E-state index is -0.503. The number of hydrogen-bond acceptors (Lipinski definition) is 2. The fourth-order valence-corrected chi connectivity index (χ4v) is 0.384. The van der Waals surface area contributed by atoms with E-state index in [-0.39, 0.29) is 5.82 Å². The SMILES string of the molecule is O=[N+]([O-])c1cc[nH+][nH]1. The van der Waals surface area contributed by atoms with E-state index in [1.54, 1.807) is 0 Å². The molecule has 2 N–H and O–H groups in total. The van der Waals surface area contributed by atoms with Gasteiger partial charge in [0.1, 0.15) is 6.07 Å². The molecule has 8 heavy (non-hydrogen) atoms. The zero-order valence-corrected chi connectivity index (χ0v) is 3.92. The van der Waals surface area contributed by atoms with Crippen molar-refractivity contribution in [2.24, 2.45) is 0 Å². The Morgan fingerprint density at radius 2 is 2.62 bits per heavy atom. The van der Waals surface area contributed by atoms with Crippen molar-refractivity contribution in [2.45, 2.75) is 0 Å². The highest BCUT2D eigenvalue weighted by Crippen LogP contribution is 1.97. The molecule has 5 nitrogen and oxygen atoms in total. The molecule has 0 spiro atoms. The number of nitrogens with one attached hydrogen (secondary N) is 2. The van der Waals surface area contributed by atoms with Gasteiger partial charge < -0.3 is 10.1 Å². The predicted molar refractivity (Wildman–Crippen MR) is 24.0 cm³/mol. The molecule has 0 bridgehead atoms. The molecule has 0 fully saturated rings. The average Bonchev–Trinajstić information content (AvgIpc) is 2.12. The minimum absolute atomic E-state index is 0.0231. The van der Waals surface area contributed by atoms with Crippen molar-refractivity contribution >= 4 is 5.82 Å². The van der Waals surface area contributed by atoms with E-state index in [9.17, 15) is 10.1 Å². The van der Waals surface area contributed by atoms with E-state index in [4.69, 9.17) is 0 Å². The summed E-state index contributed by atoms with van der Waals surface area (Å²) < 4.78 is 0. The maximum atomic E-state index is 9.82. The number of aromatic amines is 2. The highest BCUT2D eigenvalue weighted by molar-refractivity contribution is 5.09. The molecule has 0 aliphatic carbocycles. The number of aromatic nitrogens is 2. The molecule has 0 unspecified atom stereocenters. The molecule has 0 saturated carbocycles. The summed E-state index contributed by atoms with van der Waals surface area (Å²) >= 11 is 0. The fourth-order valence-electron chi connectivity index (χ4n) is 0.384. The molecular weight excluding hydrogens is 110 g/mol. The maximum absolute atomic E-state index is 9.82. The van der Waals surface area contributed by atoms with Crippen LogP contribution in [0.1, 0.15) is 0 Å². The van der Waals surface area contributed by atoms with Crippen LogP contribution in [0, 0.1) is 10.1 Å². The van der Waals surface area contributed by atoms with Gasteiger partial charge in [-0.2, -0.15) is 0 Å². The lowest BCUT2D eigenvalue weighted by Gasteiger charge is -1.80. The number of nitro groups is 1. The van der Waals surface area contributed by atoms with Crippen molar-refractivity contribution in [2.75, 3.05) is 0 Å². The predicted octanol–water partition coefficient (Wildman–Crippen LogP) is -0.263. The van der Waals surface area contributed by atoms with Gasteiger partial charge in [0.15, 0.2) is 0 Å². The van der Waals surface area contributed by atoms with Crippen LogP contribution in [-0.4, -0.2) is 10.0 Å². The average molecular weight is 114 g/mol. The first-order valence-corrected chi connectivity index (χ1v) is 2.00. The van der Waals surface area contributed by atoms with Crippen molar-refractivity contribution in [1.29, 1.82) is 0 Å². The zero-order valence-electron chi connectivity index (χ0n) is 3.92. The van der Waals surface area contributed by atoms with Gasteiger partial charge in [-0.3, -0.25) is 0 Å². The third-order valence-corrected chi connectivity index (χ3v) is 0.721. The number of rotatable bonds is 1. The van der Waals surface area contributed by atoms with Crippen LogP contribution in [0.3, 0.4) is 0 Å². The van der Waals surface area contributed by atoms with Crippen LogP contribution >= 0.6 is 0 Å². The van der Waals surface area contributed by atoms with Gasteiger partial charge in [-0.15, -0.1) is 0 Å². The molecule has 0 amide bonds. The fraction of sp³-hybridized carbons (Fsp3) is 0. The van der Waals surface area contributed by atoms with Crippen LogP contribution in [0.15, 0.2) is 12.3 Å². The summed E-state index contributed by atoms with van der Waals surface area (Å²) in [6.45, 7) is 0. The lowest BCUT2D eigenvalue weighted by Crippen LogP contribution is -1.99. The first-order valence-electron chi connectivity index (χ1n) is 2.00. The van der Waals surface area contributed by atoms with Crippen molar-refractivity contribution < 1.29 is 10.0 Å². The summed E-state index contributed by atoms with van der Waals surface area (Å²) in [5, 5.41) is 14.6. The summed E-state index contributed by atoms with van der Waals surface area (Å²) in [7, 11) is 0. The molecule has 42 valence electrons. The summed E-state index contributed by atoms with van der Waals surface area (Å²) in [6, 6.07) is 1.35. The molecule has 0 aromatic carbocycles. The van der Waals surface area contributed by atoms with E-state index < -0.39 is 4.92 Å². The van der Waals surface area contributed by atoms with Crippen LogP contribution in [0.5, 0.6) is 0 Å². The Bertz CT molecular complexity index is 180. The third kappa shape index (κ3) is 0.651. The Balaban J connectivity index is 2.93. The molecular formula is C3H4N3O2+. The van der Waals surface area contributed by atoms with Crippen LogP contribution in [0.4, 0.5) is 5.82 Å². The second kappa shape index (κ2) is 1.61. The summed E-state index contributed by atoms with van der Waals surface area (Å²) in [4.78, 5) is 9.31. The molecule has 1 rings (SSSR count). The van der Waals surface area contributed by atoms with Gasteiger partial charge in [0.2, 0.25) is 6.20 Å². The van der Waals surface area contributed by atoms with Gasteiger partial charge in [-0.25, -0.2) is 0 Å². The van der Waals surface area contributed by atoms with E-state index in [0.29, 0.717) is 0 Å². The largest absolute Gasteiger partial charge is 0.379 e. The van der Waals surface area contributed by atoms with Crippen LogP contribution < -0.4 is 5.10 Å². The summed E-state index contributed by atoms with van der Waals surface area (Å²) in [5.74, 6) is -0.0231. The lowest BCUT2D eigenvalue weighted by atomic mass is 10.7. The van der Waals surface area contributed by atoms with Gasteiger partial charge in [0.25, 0.3) is 0 Å². The van der Waals surface area contributed by atoms with E-state index >= 15 is 0 Å². The Morgan fingerprint density at radius 3 is 2.88 bits per heavy atom. The zero-order chi connectivity index (χ0) is 5.98. The van der Waals surface area contributed by atoms with Crippen molar-refractivity contribution in [3.63, 3.8) is 0 Å². The summed E-state index contributed by atoms with van der Waals surface area (Å²) in [6.07, 6.45) is 1.46. The Kier molecular flexibility index (Phi) is 0.957. The summed E-state index contributed by atoms with van der Waals surface area (Å²) in [5.41, 5.74) is 0. The van der Waals surface area contributed by atoms with Crippen LogP contribution in [0.2, 0.25) is 0 Å². The quantitative estimate of drug-likeness (QED) is 0.403. The molecule has 5 heteroatoms. The van der Waals surface area contributed by atoms with Gasteiger partial charge in [0, 0.05) is 0 Å². The van der Waals surface area contributed by atoms with Gasteiger partial charge in [-0.05, 0) is 10.0 Å². The smallest absolute Gasteiger partial charge is 0.358 e. The molecule has 1 heterocycles. The highest BCUT2D eigenvalue weighted by Gasteiger charge is 2.04. The molecule has 0 radical (unpaired) electrons. The van der Waals surface area contributed by atoms with Gasteiger partial charge in [0.05, 0.1) is 0 Å². The first-order chi connectivity index (χ1) is 3.80. The Morgan fingerprint density at radius 1 is 1.88 bits per heavy atom. The maximum Gasteiger partial charge on any atom is 0.379 e. The second-order valence-corrected chi connectivity index (χ2v) is 1.25. The topological polar surface area (TPSA) is 73.1 Å². The van der Waals surface area contributed by atoms with Crippen molar-refractivity contribution in [1.82, 2.24) is 5.10 Å². The molecule has 1 aromatic heterocycles. The van der Waals surface area contributed by atoms with Gasteiger partial charge in [-0.1, -0.05) is 5.10 Å². The van der Waals surface area contributed by atoms with E-state index in [2.05, 4.69) is 10.2 Å². The molecule has 0 aliphatic heterocycles. The standard InChI is InChI=1S/C3H3N3O2/c7-6(8)3-1-2-4-5-3/h1-2H,(H,4,5)/p+1. The lowest BCUT2D eigenvalue weighted by molar-refractivity contribution is -0.470. The van der Waals surface area contributed by atoms with Gasteiger partial charge >= 0.3 is 5.82 Å². The Hall–Kier alpha value is -1.39. The van der Waals surface area contributed by atoms with Crippen molar-refractivity contribution in [3.8, 4) is 0 Å². The van der Waals surface area contributed by atoms with Crippen LogP contribution in [0.25, 0.3) is 0 Å². The van der Waals surface area contributed by atoms with Crippen LogP contribution in [-0.2, 0) is 0 Å². The number of nitrogens with zero attached hydrogens (tertiary/aromatic N) is 1. The molecule has 0 saturated heterocycles. The second-order valence-electron chi connectivity index (χ2n) is 1.25. The molecule has 0 atom stereocenters. The van der Waals surface area contributed by atoms with Crippen molar-refractivity contribution in [3.05, 3.63) is 22.4 Å². The highest BCUT2D eigenvalue weighted by atomic mass is 16.6. The normalized spacial score (nSPS) is 9.00. The number of hydrogen-bond donors (Lipinski definition) is 1. The number of H-pyrrole nitrogens is 2. The minimum Gasteiger partial charge on any atom is -0.358 e. The molecule has 1 aromatic rings. The monoisotopic (exact) mass is 114 g/mol. The van der Waals surface area contributed by atoms with E-state index in [0.717, 1.165) is 0 Å². The van der Waals surface area contributed by atoms with E-state index in [1.807, 2.05) is 0 Å². The first kappa shape index (κ1) is 4.76. The Labute approximate surface area is 44.5 Å². The third-order valence-electron chi connectivity index (χ3n) is 0.721. The molecule has 0 aliphatic rings.